The third-order valence-corrected chi connectivity index (χ3v) is 2.88. The Balaban J connectivity index is 2.75. The zero-order valence-electron chi connectivity index (χ0n) is 12.5. The summed E-state index contributed by atoms with van der Waals surface area (Å²) < 4.78 is 5.56. The number of hydrogen-bond donors (Lipinski definition) is 2. The molecule has 0 atom stereocenters. The molecule has 0 aliphatic rings. The fourth-order valence-electron chi connectivity index (χ4n) is 1.60. The quantitative estimate of drug-likeness (QED) is 0.849. The van der Waals surface area contributed by atoms with Crippen LogP contribution in [0.1, 0.15) is 33.3 Å². The standard InChI is InChI=1S/C15H23ClN2O2/c1-5-17-13(19)10-20-14-11(7-6-8-12(14)16)9-18-15(2,3)4/h6-8,18H,5,9-10H2,1-4H3,(H,17,19). The first-order valence-corrected chi connectivity index (χ1v) is 7.13. The molecular formula is C15H23ClN2O2. The molecule has 5 heteroatoms. The number of ether oxygens (including phenoxy) is 1. The van der Waals surface area contributed by atoms with Crippen LogP contribution in [0.4, 0.5) is 0 Å². The molecule has 1 aromatic carbocycles. The molecular weight excluding hydrogens is 276 g/mol. The molecule has 0 aromatic heterocycles. The van der Waals surface area contributed by atoms with Crippen LogP contribution in [0.15, 0.2) is 18.2 Å². The minimum absolute atomic E-state index is 0.000820. The van der Waals surface area contributed by atoms with Crippen molar-refractivity contribution in [2.45, 2.75) is 39.8 Å². The highest BCUT2D eigenvalue weighted by Crippen LogP contribution is 2.28. The number of para-hydroxylation sites is 1. The summed E-state index contributed by atoms with van der Waals surface area (Å²) in [5, 5.41) is 6.58. The minimum Gasteiger partial charge on any atom is -0.482 e. The van der Waals surface area contributed by atoms with Crippen LogP contribution >= 0.6 is 11.6 Å². The van der Waals surface area contributed by atoms with E-state index in [4.69, 9.17) is 16.3 Å². The highest BCUT2D eigenvalue weighted by Gasteiger charge is 2.14. The molecule has 20 heavy (non-hydrogen) atoms. The van der Waals surface area contributed by atoms with E-state index in [-0.39, 0.29) is 18.1 Å². The Morgan fingerprint density at radius 1 is 1.35 bits per heavy atom. The second-order valence-electron chi connectivity index (χ2n) is 5.57. The Morgan fingerprint density at radius 3 is 2.65 bits per heavy atom. The predicted molar refractivity (Wildman–Crippen MR) is 82.2 cm³/mol. The molecule has 0 unspecified atom stereocenters. The molecule has 0 heterocycles. The lowest BCUT2D eigenvalue weighted by molar-refractivity contribution is -0.122. The van der Waals surface area contributed by atoms with Crippen LogP contribution in [-0.4, -0.2) is 24.6 Å². The molecule has 0 saturated carbocycles. The van der Waals surface area contributed by atoms with Gasteiger partial charge in [0.25, 0.3) is 5.91 Å². The molecule has 1 amide bonds. The van der Waals surface area contributed by atoms with Gasteiger partial charge in [0.15, 0.2) is 6.61 Å². The first-order chi connectivity index (χ1) is 9.33. The van der Waals surface area contributed by atoms with Crippen molar-refractivity contribution in [3.8, 4) is 5.75 Å². The van der Waals surface area contributed by atoms with E-state index in [0.717, 1.165) is 5.56 Å². The van der Waals surface area contributed by atoms with E-state index >= 15 is 0 Å². The molecule has 112 valence electrons. The number of carbonyl (C=O) groups excluding carboxylic acids is 1. The SMILES string of the molecule is CCNC(=O)COc1c(Cl)cccc1CNC(C)(C)C. The maximum atomic E-state index is 11.5. The average Bonchev–Trinajstić information content (AvgIpc) is 2.34. The number of carbonyl (C=O) groups is 1. The number of amides is 1. The Kier molecular flexibility index (Phi) is 6.30. The molecule has 0 aliphatic heterocycles. The van der Waals surface area contributed by atoms with E-state index < -0.39 is 0 Å². The Hall–Kier alpha value is -1.26. The van der Waals surface area contributed by atoms with Crippen molar-refractivity contribution in [2.75, 3.05) is 13.2 Å². The van der Waals surface area contributed by atoms with Gasteiger partial charge in [-0.15, -0.1) is 0 Å². The van der Waals surface area contributed by atoms with Crippen LogP contribution in [0, 0.1) is 0 Å². The van der Waals surface area contributed by atoms with Crippen LogP contribution in [0.25, 0.3) is 0 Å². The number of halogens is 1. The van der Waals surface area contributed by atoms with Gasteiger partial charge in [-0.25, -0.2) is 0 Å². The van der Waals surface area contributed by atoms with Crippen molar-refractivity contribution in [1.29, 1.82) is 0 Å². The van der Waals surface area contributed by atoms with Crippen LogP contribution in [0.3, 0.4) is 0 Å². The summed E-state index contributed by atoms with van der Waals surface area (Å²) in [4.78, 5) is 11.5. The van der Waals surface area contributed by atoms with Crippen LogP contribution in [0.5, 0.6) is 5.75 Å². The molecule has 0 bridgehead atoms. The van der Waals surface area contributed by atoms with E-state index in [0.29, 0.717) is 23.9 Å². The van der Waals surface area contributed by atoms with E-state index in [9.17, 15) is 4.79 Å². The number of benzene rings is 1. The van der Waals surface area contributed by atoms with Crippen LogP contribution in [-0.2, 0) is 11.3 Å². The average molecular weight is 299 g/mol. The van der Waals surface area contributed by atoms with E-state index in [1.807, 2.05) is 19.1 Å². The monoisotopic (exact) mass is 298 g/mol. The van der Waals surface area contributed by atoms with Crippen molar-refractivity contribution in [2.24, 2.45) is 0 Å². The fourth-order valence-corrected chi connectivity index (χ4v) is 1.85. The Labute approximate surface area is 125 Å². The number of nitrogens with one attached hydrogen (secondary N) is 2. The molecule has 0 radical (unpaired) electrons. The lowest BCUT2D eigenvalue weighted by Crippen LogP contribution is -2.35. The number of hydrogen-bond acceptors (Lipinski definition) is 3. The van der Waals surface area contributed by atoms with Gasteiger partial charge in [0, 0.05) is 24.2 Å². The van der Waals surface area contributed by atoms with Crippen molar-refractivity contribution in [3.63, 3.8) is 0 Å². The van der Waals surface area contributed by atoms with Crippen molar-refractivity contribution in [1.82, 2.24) is 10.6 Å². The van der Waals surface area contributed by atoms with Gasteiger partial charge in [0.05, 0.1) is 5.02 Å². The summed E-state index contributed by atoms with van der Waals surface area (Å²) >= 11 is 6.16. The summed E-state index contributed by atoms with van der Waals surface area (Å²) in [5.41, 5.74) is 0.941. The lowest BCUT2D eigenvalue weighted by Gasteiger charge is -2.22. The third-order valence-electron chi connectivity index (χ3n) is 2.58. The molecule has 0 fully saturated rings. The first kappa shape index (κ1) is 16.8. The van der Waals surface area contributed by atoms with Gasteiger partial charge in [-0.3, -0.25) is 4.79 Å². The summed E-state index contributed by atoms with van der Waals surface area (Å²) in [6.07, 6.45) is 0. The minimum atomic E-state index is -0.151. The van der Waals surface area contributed by atoms with Crippen LogP contribution < -0.4 is 15.4 Å². The highest BCUT2D eigenvalue weighted by atomic mass is 35.5. The molecule has 0 aliphatic carbocycles. The van der Waals surface area contributed by atoms with Gasteiger partial charge in [0.2, 0.25) is 0 Å². The fraction of sp³-hybridized carbons (Fsp3) is 0.533. The lowest BCUT2D eigenvalue weighted by atomic mass is 10.1. The molecule has 1 aromatic rings. The zero-order chi connectivity index (χ0) is 15.2. The summed E-state index contributed by atoms with van der Waals surface area (Å²) in [6.45, 7) is 9.33. The second kappa shape index (κ2) is 7.50. The van der Waals surface area contributed by atoms with Crippen molar-refractivity contribution < 1.29 is 9.53 Å². The molecule has 2 N–H and O–H groups in total. The van der Waals surface area contributed by atoms with Gasteiger partial charge >= 0.3 is 0 Å². The second-order valence-corrected chi connectivity index (χ2v) is 5.98. The van der Waals surface area contributed by atoms with Gasteiger partial charge in [-0.05, 0) is 33.8 Å². The van der Waals surface area contributed by atoms with Crippen molar-refractivity contribution in [3.05, 3.63) is 28.8 Å². The van der Waals surface area contributed by atoms with Crippen molar-refractivity contribution >= 4 is 17.5 Å². The zero-order valence-corrected chi connectivity index (χ0v) is 13.3. The normalized spacial score (nSPS) is 11.2. The molecule has 4 nitrogen and oxygen atoms in total. The maximum absolute atomic E-state index is 11.5. The summed E-state index contributed by atoms with van der Waals surface area (Å²) in [7, 11) is 0. The predicted octanol–water partition coefficient (Wildman–Crippen LogP) is 2.74. The third kappa shape index (κ3) is 5.80. The molecule has 0 saturated heterocycles. The maximum Gasteiger partial charge on any atom is 0.257 e. The number of rotatable bonds is 6. The van der Waals surface area contributed by atoms with Crippen LogP contribution in [0.2, 0.25) is 5.02 Å². The summed E-state index contributed by atoms with van der Waals surface area (Å²) in [5.74, 6) is 0.416. The van der Waals surface area contributed by atoms with Gasteiger partial charge in [0.1, 0.15) is 5.75 Å². The number of likely N-dealkylation sites (N-methyl/N-ethyl adjacent to an activating group) is 1. The largest absolute Gasteiger partial charge is 0.482 e. The summed E-state index contributed by atoms with van der Waals surface area (Å²) in [6, 6.07) is 5.58. The van der Waals surface area contributed by atoms with E-state index in [1.54, 1.807) is 6.07 Å². The first-order valence-electron chi connectivity index (χ1n) is 6.75. The highest BCUT2D eigenvalue weighted by molar-refractivity contribution is 6.32. The smallest absolute Gasteiger partial charge is 0.257 e. The molecule has 1 rings (SSSR count). The van der Waals surface area contributed by atoms with E-state index in [1.165, 1.54) is 0 Å². The van der Waals surface area contributed by atoms with Gasteiger partial charge in [-0.1, -0.05) is 23.7 Å². The van der Waals surface area contributed by atoms with E-state index in [2.05, 4.69) is 31.4 Å². The van der Waals surface area contributed by atoms with Gasteiger partial charge in [-0.2, -0.15) is 0 Å². The van der Waals surface area contributed by atoms with Gasteiger partial charge < -0.3 is 15.4 Å². The Bertz CT molecular complexity index is 456. The topological polar surface area (TPSA) is 50.4 Å². The Morgan fingerprint density at radius 2 is 2.05 bits per heavy atom. The molecule has 0 spiro atoms.